The number of carbonyl (C=O) groups is 4. The average molecular weight is 1140 g/mol. The third kappa shape index (κ3) is 17.7. The predicted octanol–water partition coefficient (Wildman–Crippen LogP) is 6.92. The van der Waals surface area contributed by atoms with Crippen LogP contribution in [0.4, 0.5) is 11.4 Å². The highest BCUT2D eigenvalue weighted by Crippen LogP contribution is 2.41. The van der Waals surface area contributed by atoms with Crippen LogP contribution in [0.15, 0.2) is 69.7 Å². The van der Waals surface area contributed by atoms with E-state index in [-0.39, 0.29) is 60.2 Å². The molecule has 0 bridgehead atoms. The van der Waals surface area contributed by atoms with Gasteiger partial charge in [-0.2, -0.15) is 0 Å². The molecule has 440 valence electrons. The van der Waals surface area contributed by atoms with E-state index < -0.39 is 0 Å². The molecular weight excluding hydrogens is 1060 g/mol. The van der Waals surface area contributed by atoms with Gasteiger partial charge in [-0.05, 0) is 59.7 Å². The molecule has 0 unspecified atom stereocenters. The SMILES string of the molecule is CC=C1C[C@H]2C=Nc3cc(OCc4cc(OCCN(C)CC(C)(C)SCC(=O)N(C)CCOCCOCCOCCOCCC(=O)OC)cc(COc5cc6c(cc5OC)C(=O)N5CC(=CC)C[C@H]5C=N6)n4)c(OC)cc3C(=O)N2C1. The second kappa shape index (κ2) is 30.5. The van der Waals surface area contributed by atoms with E-state index in [0.29, 0.717) is 161 Å². The quantitative estimate of drug-likeness (QED) is 0.0353. The van der Waals surface area contributed by atoms with Crippen molar-refractivity contribution in [2.75, 3.05) is 133 Å². The van der Waals surface area contributed by atoms with Crippen LogP contribution in [0.1, 0.15) is 79.1 Å². The van der Waals surface area contributed by atoms with Crippen molar-refractivity contribution in [2.24, 2.45) is 9.98 Å². The first kappa shape index (κ1) is 62.0. The van der Waals surface area contributed by atoms with Gasteiger partial charge >= 0.3 is 5.97 Å². The summed E-state index contributed by atoms with van der Waals surface area (Å²) in [4.78, 5) is 73.7. The minimum Gasteiger partial charge on any atom is -0.493 e. The third-order valence-corrected chi connectivity index (χ3v) is 15.4. The molecule has 2 fully saturated rings. The first-order valence-corrected chi connectivity index (χ1v) is 28.4. The summed E-state index contributed by atoms with van der Waals surface area (Å²) >= 11 is 1.60. The Morgan fingerprint density at radius 2 is 1.15 bits per heavy atom. The largest absolute Gasteiger partial charge is 0.493 e. The van der Waals surface area contributed by atoms with Crippen molar-refractivity contribution in [3.05, 3.63) is 82.2 Å². The van der Waals surface area contributed by atoms with Crippen LogP contribution in [0.3, 0.4) is 0 Å². The number of allylic oxidation sites excluding steroid dienone is 2. The molecule has 1 aromatic heterocycles. The van der Waals surface area contributed by atoms with Gasteiger partial charge in [0, 0.05) is 81.2 Å². The van der Waals surface area contributed by atoms with Gasteiger partial charge in [-0.15, -0.1) is 11.8 Å². The topological polar surface area (TPSA) is 211 Å². The third-order valence-electron chi connectivity index (χ3n) is 14.1. The molecule has 81 heavy (non-hydrogen) atoms. The van der Waals surface area contributed by atoms with Crippen molar-refractivity contribution in [1.29, 1.82) is 0 Å². The number of fused-ring (bicyclic) bond motifs is 4. The van der Waals surface area contributed by atoms with Crippen molar-refractivity contribution >= 4 is 59.3 Å². The van der Waals surface area contributed by atoms with E-state index in [1.807, 2.05) is 55.3 Å². The molecule has 0 aliphatic carbocycles. The molecule has 21 nitrogen and oxygen atoms in total. The van der Waals surface area contributed by atoms with Crippen LogP contribution in [-0.2, 0) is 46.5 Å². The molecular formula is C59H79N7O14S. The zero-order valence-electron chi connectivity index (χ0n) is 48.3. The summed E-state index contributed by atoms with van der Waals surface area (Å²) in [6, 6.07) is 10.2. The first-order chi connectivity index (χ1) is 39.1. The van der Waals surface area contributed by atoms with Gasteiger partial charge in [-0.3, -0.25) is 34.1 Å². The summed E-state index contributed by atoms with van der Waals surface area (Å²) in [6.45, 7) is 14.6. The molecule has 3 aromatic rings. The fraction of sp³-hybridized carbons (Fsp3) is 0.542. The molecule has 7 rings (SSSR count). The summed E-state index contributed by atoms with van der Waals surface area (Å²) in [6.07, 6.45) is 9.46. The summed E-state index contributed by atoms with van der Waals surface area (Å²) < 4.78 is 57.1. The fourth-order valence-corrected chi connectivity index (χ4v) is 10.5. The maximum absolute atomic E-state index is 13.8. The number of thioether (sulfide) groups is 1. The van der Waals surface area contributed by atoms with Crippen molar-refractivity contribution in [3.63, 3.8) is 0 Å². The number of amides is 3. The van der Waals surface area contributed by atoms with Gasteiger partial charge in [0.25, 0.3) is 11.8 Å². The number of likely N-dealkylation sites (N-methyl/N-ethyl adjacent to an activating group) is 2. The lowest BCUT2D eigenvalue weighted by molar-refractivity contribution is -0.142. The number of benzene rings is 2. The Balaban J connectivity index is 0.922. The summed E-state index contributed by atoms with van der Waals surface area (Å²) in [5, 5.41) is 0. The second-order valence-corrected chi connectivity index (χ2v) is 22.2. The van der Waals surface area contributed by atoms with Gasteiger partial charge in [-0.25, -0.2) is 0 Å². The zero-order valence-corrected chi connectivity index (χ0v) is 49.1. The number of ether oxygens (including phenoxy) is 10. The van der Waals surface area contributed by atoms with E-state index in [4.69, 9.17) is 57.6 Å². The van der Waals surface area contributed by atoms with Crippen molar-refractivity contribution < 1.29 is 66.5 Å². The van der Waals surface area contributed by atoms with Crippen LogP contribution in [0, 0.1) is 0 Å². The first-order valence-electron chi connectivity index (χ1n) is 27.4. The van der Waals surface area contributed by atoms with Crippen LogP contribution in [0.2, 0.25) is 0 Å². The second-order valence-electron chi connectivity index (χ2n) is 20.5. The highest BCUT2D eigenvalue weighted by atomic mass is 32.2. The summed E-state index contributed by atoms with van der Waals surface area (Å²) in [5.74, 6) is 1.90. The van der Waals surface area contributed by atoms with Crippen LogP contribution in [0.25, 0.3) is 0 Å². The predicted molar refractivity (Wildman–Crippen MR) is 309 cm³/mol. The van der Waals surface area contributed by atoms with E-state index in [0.717, 1.165) is 12.8 Å². The molecule has 3 amide bonds. The van der Waals surface area contributed by atoms with Crippen LogP contribution in [0.5, 0.6) is 28.7 Å². The highest BCUT2D eigenvalue weighted by Gasteiger charge is 2.36. The molecule has 22 heteroatoms. The fourth-order valence-electron chi connectivity index (χ4n) is 9.49. The number of esters is 1. The highest BCUT2D eigenvalue weighted by molar-refractivity contribution is 8.01. The van der Waals surface area contributed by atoms with Gasteiger partial charge < -0.3 is 67.0 Å². The van der Waals surface area contributed by atoms with Crippen molar-refractivity contribution in [1.82, 2.24) is 24.6 Å². The Bertz CT molecular complexity index is 2650. The lowest BCUT2D eigenvalue weighted by atomic mass is 10.1. The normalized spacial score (nSPS) is 17.5. The number of aromatic nitrogens is 1. The maximum atomic E-state index is 13.8. The minimum absolute atomic E-state index is 0.0152. The van der Waals surface area contributed by atoms with E-state index in [1.54, 1.807) is 48.0 Å². The molecule has 0 spiro atoms. The Morgan fingerprint density at radius 1 is 0.654 bits per heavy atom. The number of hydrogen-bond acceptors (Lipinski definition) is 19. The summed E-state index contributed by atoms with van der Waals surface area (Å²) in [7, 11) is 8.22. The average Bonchev–Trinajstić information content (AvgIpc) is 4.15. The van der Waals surface area contributed by atoms with Crippen molar-refractivity contribution in [2.45, 2.75) is 77.0 Å². The molecule has 2 atom stereocenters. The smallest absolute Gasteiger partial charge is 0.307 e. The number of carbonyl (C=O) groups excluding carboxylic acids is 4. The van der Waals surface area contributed by atoms with Crippen LogP contribution >= 0.6 is 11.8 Å². The van der Waals surface area contributed by atoms with Crippen molar-refractivity contribution in [3.8, 4) is 28.7 Å². The van der Waals surface area contributed by atoms with Crippen LogP contribution < -0.4 is 23.7 Å². The maximum Gasteiger partial charge on any atom is 0.307 e. The number of pyridine rings is 1. The lowest BCUT2D eigenvalue weighted by Crippen LogP contribution is -2.38. The number of hydrogen-bond donors (Lipinski definition) is 0. The van der Waals surface area contributed by atoms with E-state index >= 15 is 0 Å². The van der Waals surface area contributed by atoms with Gasteiger partial charge in [-0.1, -0.05) is 23.3 Å². The number of nitrogens with zero attached hydrogens (tertiary/aromatic N) is 7. The molecule has 0 saturated carbocycles. The number of methoxy groups -OCH3 is 3. The molecule has 5 heterocycles. The van der Waals surface area contributed by atoms with E-state index in [1.165, 1.54) is 32.5 Å². The van der Waals surface area contributed by atoms with E-state index in [2.05, 4.69) is 35.6 Å². The minimum atomic E-state index is -0.308. The Labute approximate surface area is 479 Å². The van der Waals surface area contributed by atoms with Crippen LogP contribution in [-0.4, -0.2) is 211 Å². The van der Waals surface area contributed by atoms with Gasteiger partial charge in [0.1, 0.15) is 25.6 Å². The lowest BCUT2D eigenvalue weighted by Gasteiger charge is -2.30. The standard InChI is InChI=1S/C59H79N7O14S/c1-10-40-24-44-32-60-49-30-53(51(71-7)28-47(49)57(69)65(44)34-40)79-36-42-26-46(27-43(62-42)37-80-54-31-50-48(29-52(54)72-8)58(70)66-35-41(11-2)25-45(66)33-61-50)78-17-13-63(5)39-59(3,4)81-38-55(67)64(6)14-16-75-19-21-77-23-22-76-20-18-74-15-12-56(68)73-9/h10-11,26-33,44-45H,12-25,34-39H2,1-9H3/t44-,45-/m0/s1. The molecule has 0 radical (unpaired) electrons. The molecule has 2 saturated heterocycles. The monoisotopic (exact) mass is 1140 g/mol. The molecule has 4 aliphatic heterocycles. The van der Waals surface area contributed by atoms with Gasteiger partial charge in [0.2, 0.25) is 5.91 Å². The van der Waals surface area contributed by atoms with Gasteiger partial charge in [0.05, 0.1) is 132 Å². The molecule has 2 aromatic carbocycles. The molecule has 4 aliphatic rings. The zero-order chi connectivity index (χ0) is 57.9. The van der Waals surface area contributed by atoms with Gasteiger partial charge in [0.15, 0.2) is 23.0 Å². The Morgan fingerprint density at radius 3 is 1.63 bits per heavy atom. The Kier molecular flexibility index (Phi) is 23.4. The van der Waals surface area contributed by atoms with E-state index in [9.17, 15) is 19.2 Å². The number of rotatable bonds is 32. The number of aliphatic imine (C=N–C) groups is 2. The summed E-state index contributed by atoms with van der Waals surface area (Å²) in [5.41, 5.74) is 5.34. The Hall–Kier alpha value is -6.56. The molecule has 0 N–H and O–H groups in total.